The van der Waals surface area contributed by atoms with Gasteiger partial charge in [0.25, 0.3) is 5.56 Å². The van der Waals surface area contributed by atoms with Crippen molar-refractivity contribution in [3.05, 3.63) is 88.2 Å². The molecule has 170 valence electrons. The van der Waals surface area contributed by atoms with Gasteiger partial charge in [0.1, 0.15) is 23.9 Å². The fraction of sp³-hybridized carbons (Fsp3) is 0.259. The molecule has 0 aliphatic carbocycles. The van der Waals surface area contributed by atoms with Crippen molar-refractivity contribution in [2.24, 2.45) is 0 Å². The monoisotopic (exact) mass is 444 g/mol. The van der Waals surface area contributed by atoms with Crippen LogP contribution in [0.3, 0.4) is 0 Å². The van der Waals surface area contributed by atoms with Crippen LogP contribution in [-0.4, -0.2) is 36.5 Å². The SMILES string of the molecule is COc1ccc(-c2nc3ccccc3c(=O)n2CCOCCOc2ccc(C)cc2C)cc1. The number of fused-ring (bicyclic) bond motifs is 1. The number of ether oxygens (including phenoxy) is 3. The van der Waals surface area contributed by atoms with Crippen molar-refractivity contribution in [1.29, 1.82) is 0 Å². The summed E-state index contributed by atoms with van der Waals surface area (Å²) < 4.78 is 18.5. The average Bonchev–Trinajstić information content (AvgIpc) is 2.83. The smallest absolute Gasteiger partial charge is 0.261 e. The summed E-state index contributed by atoms with van der Waals surface area (Å²) in [6, 6.07) is 21.0. The predicted molar refractivity (Wildman–Crippen MR) is 130 cm³/mol. The highest BCUT2D eigenvalue weighted by molar-refractivity contribution is 5.79. The van der Waals surface area contributed by atoms with Crippen LogP contribution in [0.4, 0.5) is 0 Å². The van der Waals surface area contributed by atoms with E-state index in [1.165, 1.54) is 5.56 Å². The number of aromatic nitrogens is 2. The van der Waals surface area contributed by atoms with Crippen LogP contribution in [0.1, 0.15) is 11.1 Å². The summed E-state index contributed by atoms with van der Waals surface area (Å²) in [5, 5.41) is 0.591. The Bertz CT molecular complexity index is 1300. The number of methoxy groups -OCH3 is 1. The maximum Gasteiger partial charge on any atom is 0.261 e. The summed E-state index contributed by atoms with van der Waals surface area (Å²) in [5.41, 5.74) is 3.75. The van der Waals surface area contributed by atoms with Crippen molar-refractivity contribution >= 4 is 10.9 Å². The maximum absolute atomic E-state index is 13.2. The van der Waals surface area contributed by atoms with Crippen LogP contribution in [0.15, 0.2) is 71.5 Å². The average molecular weight is 445 g/mol. The Morgan fingerprint density at radius 2 is 1.70 bits per heavy atom. The van der Waals surface area contributed by atoms with Gasteiger partial charge >= 0.3 is 0 Å². The van der Waals surface area contributed by atoms with Crippen LogP contribution in [0.5, 0.6) is 11.5 Å². The largest absolute Gasteiger partial charge is 0.497 e. The van der Waals surface area contributed by atoms with E-state index in [9.17, 15) is 4.79 Å². The molecule has 0 aliphatic rings. The normalized spacial score (nSPS) is 11.0. The minimum atomic E-state index is -0.0819. The molecule has 0 aliphatic heterocycles. The zero-order valence-corrected chi connectivity index (χ0v) is 19.2. The molecule has 0 saturated carbocycles. The lowest BCUT2D eigenvalue weighted by Gasteiger charge is -2.15. The number of hydrogen-bond donors (Lipinski definition) is 0. The van der Waals surface area contributed by atoms with Crippen LogP contribution in [0, 0.1) is 13.8 Å². The summed E-state index contributed by atoms with van der Waals surface area (Å²) in [6.45, 7) is 5.73. The molecule has 0 fully saturated rings. The number of nitrogens with zero attached hydrogens (tertiary/aromatic N) is 2. The van der Waals surface area contributed by atoms with Crippen molar-refractivity contribution in [3.8, 4) is 22.9 Å². The lowest BCUT2D eigenvalue weighted by Crippen LogP contribution is -2.26. The number of hydrogen-bond acceptors (Lipinski definition) is 5. The van der Waals surface area contributed by atoms with Gasteiger partial charge in [-0.2, -0.15) is 0 Å². The molecule has 4 rings (SSSR count). The quantitative estimate of drug-likeness (QED) is 0.348. The molecule has 33 heavy (non-hydrogen) atoms. The molecule has 4 aromatic rings. The molecule has 0 spiro atoms. The van der Waals surface area contributed by atoms with E-state index in [1.54, 1.807) is 17.7 Å². The summed E-state index contributed by atoms with van der Waals surface area (Å²) in [5.74, 6) is 2.22. The Labute approximate surface area is 193 Å². The van der Waals surface area contributed by atoms with E-state index in [-0.39, 0.29) is 5.56 Å². The number of aryl methyl sites for hydroxylation is 2. The third kappa shape index (κ3) is 5.23. The highest BCUT2D eigenvalue weighted by Crippen LogP contribution is 2.22. The Balaban J connectivity index is 1.46. The molecule has 6 heteroatoms. The van der Waals surface area contributed by atoms with Crippen molar-refractivity contribution < 1.29 is 14.2 Å². The molecule has 1 heterocycles. The summed E-state index contributed by atoms with van der Waals surface area (Å²) in [7, 11) is 1.63. The Morgan fingerprint density at radius 3 is 2.45 bits per heavy atom. The molecule has 0 bridgehead atoms. The predicted octanol–water partition coefficient (Wildman–Crippen LogP) is 4.78. The van der Waals surface area contributed by atoms with Crippen LogP contribution in [-0.2, 0) is 11.3 Å². The van der Waals surface area contributed by atoms with Gasteiger partial charge in [-0.3, -0.25) is 9.36 Å². The molecule has 0 radical (unpaired) electrons. The Kier molecular flexibility index (Phi) is 7.05. The van der Waals surface area contributed by atoms with Crippen LogP contribution < -0.4 is 15.0 Å². The van der Waals surface area contributed by atoms with E-state index in [4.69, 9.17) is 19.2 Å². The third-order valence-electron chi connectivity index (χ3n) is 5.48. The molecule has 0 unspecified atom stereocenters. The van der Waals surface area contributed by atoms with Crippen molar-refractivity contribution in [2.75, 3.05) is 26.9 Å². The lowest BCUT2D eigenvalue weighted by molar-refractivity contribution is 0.0938. The van der Waals surface area contributed by atoms with Gasteiger partial charge in [-0.15, -0.1) is 0 Å². The molecular formula is C27H28N2O4. The highest BCUT2D eigenvalue weighted by atomic mass is 16.5. The van der Waals surface area contributed by atoms with E-state index in [1.807, 2.05) is 61.5 Å². The maximum atomic E-state index is 13.2. The van der Waals surface area contributed by atoms with Crippen molar-refractivity contribution in [1.82, 2.24) is 9.55 Å². The van der Waals surface area contributed by atoms with Crippen molar-refractivity contribution in [2.45, 2.75) is 20.4 Å². The van der Waals surface area contributed by atoms with Crippen LogP contribution >= 0.6 is 0 Å². The van der Waals surface area contributed by atoms with E-state index in [0.717, 1.165) is 22.6 Å². The number of rotatable bonds is 9. The zero-order chi connectivity index (χ0) is 23.2. The molecule has 1 aromatic heterocycles. The number of benzene rings is 3. The first-order chi connectivity index (χ1) is 16.1. The molecular weight excluding hydrogens is 416 g/mol. The fourth-order valence-electron chi connectivity index (χ4n) is 3.77. The molecule has 3 aromatic carbocycles. The Morgan fingerprint density at radius 1 is 0.909 bits per heavy atom. The van der Waals surface area contributed by atoms with Crippen molar-refractivity contribution in [3.63, 3.8) is 0 Å². The molecule has 0 saturated heterocycles. The minimum Gasteiger partial charge on any atom is -0.497 e. The highest BCUT2D eigenvalue weighted by Gasteiger charge is 2.13. The van der Waals surface area contributed by atoms with E-state index in [2.05, 4.69) is 13.0 Å². The second-order valence-corrected chi connectivity index (χ2v) is 7.87. The van der Waals surface area contributed by atoms with Crippen LogP contribution in [0.25, 0.3) is 22.3 Å². The molecule has 0 amide bonds. The standard InChI is InChI=1S/C27H28N2O4/c1-19-8-13-25(20(2)18-19)33-17-16-32-15-14-29-26(21-9-11-22(31-3)12-10-21)28-24-7-5-4-6-23(24)27(29)30/h4-13,18H,14-17H2,1-3H3. The summed E-state index contributed by atoms with van der Waals surface area (Å²) >= 11 is 0. The summed E-state index contributed by atoms with van der Waals surface area (Å²) in [4.78, 5) is 18.0. The van der Waals surface area contributed by atoms with E-state index in [0.29, 0.717) is 43.1 Å². The van der Waals surface area contributed by atoms with Gasteiger partial charge in [-0.1, -0.05) is 29.8 Å². The van der Waals surface area contributed by atoms with E-state index >= 15 is 0 Å². The fourth-order valence-corrected chi connectivity index (χ4v) is 3.77. The van der Waals surface area contributed by atoms with E-state index < -0.39 is 0 Å². The van der Waals surface area contributed by atoms with Gasteiger partial charge < -0.3 is 14.2 Å². The third-order valence-corrected chi connectivity index (χ3v) is 5.48. The van der Waals surface area contributed by atoms with Gasteiger partial charge in [0.2, 0.25) is 0 Å². The molecule has 0 atom stereocenters. The number of para-hydroxylation sites is 1. The Hall–Kier alpha value is -3.64. The first-order valence-corrected chi connectivity index (χ1v) is 11.0. The molecule has 6 nitrogen and oxygen atoms in total. The second-order valence-electron chi connectivity index (χ2n) is 7.87. The van der Waals surface area contributed by atoms with Crippen LogP contribution in [0.2, 0.25) is 0 Å². The molecule has 0 N–H and O–H groups in total. The first-order valence-electron chi connectivity index (χ1n) is 11.0. The second kappa shape index (κ2) is 10.3. The van der Waals surface area contributed by atoms with Gasteiger partial charge in [0, 0.05) is 5.56 Å². The van der Waals surface area contributed by atoms with Gasteiger partial charge in [-0.05, 0) is 61.9 Å². The zero-order valence-electron chi connectivity index (χ0n) is 19.2. The topological polar surface area (TPSA) is 62.6 Å². The first kappa shape index (κ1) is 22.6. The minimum absolute atomic E-state index is 0.0819. The lowest BCUT2D eigenvalue weighted by atomic mass is 10.1. The van der Waals surface area contributed by atoms with Gasteiger partial charge in [-0.25, -0.2) is 4.98 Å². The van der Waals surface area contributed by atoms with Gasteiger partial charge in [0.15, 0.2) is 0 Å². The van der Waals surface area contributed by atoms with Gasteiger partial charge in [0.05, 0.1) is 37.8 Å². The summed E-state index contributed by atoms with van der Waals surface area (Å²) in [6.07, 6.45) is 0.